The maximum atomic E-state index is 13.5. The minimum atomic E-state index is -0.240. The summed E-state index contributed by atoms with van der Waals surface area (Å²) in [4.78, 5) is 37.3. The zero-order valence-corrected chi connectivity index (χ0v) is 17.5. The largest absolute Gasteiger partial charge is 0.378 e. The number of hydrogen-bond acceptors (Lipinski definition) is 5. The normalized spacial score (nSPS) is 13.9. The number of carbonyl (C=O) groups is 1. The van der Waals surface area contributed by atoms with Crippen molar-refractivity contribution in [3.63, 3.8) is 0 Å². The predicted molar refractivity (Wildman–Crippen MR) is 121 cm³/mol. The molecule has 0 aliphatic carbocycles. The minimum absolute atomic E-state index is 0.0703. The Hall–Kier alpha value is -3.84. The van der Waals surface area contributed by atoms with E-state index in [1.54, 1.807) is 39.9 Å². The summed E-state index contributed by atoms with van der Waals surface area (Å²) in [5.74, 6) is -0.0703. The molecule has 0 atom stereocenters. The summed E-state index contributed by atoms with van der Waals surface area (Å²) in [7, 11) is 0. The van der Waals surface area contributed by atoms with Crippen LogP contribution in [0.2, 0.25) is 0 Å². The molecule has 7 heteroatoms. The van der Waals surface area contributed by atoms with Gasteiger partial charge < -0.3 is 9.64 Å². The second-order valence-electron chi connectivity index (χ2n) is 7.66. The molecule has 1 fully saturated rings. The molecule has 1 aliphatic rings. The van der Waals surface area contributed by atoms with Gasteiger partial charge in [0.2, 0.25) is 0 Å². The zero-order valence-electron chi connectivity index (χ0n) is 17.5. The van der Waals surface area contributed by atoms with Crippen LogP contribution in [-0.2, 0) is 11.2 Å². The molecule has 32 heavy (non-hydrogen) atoms. The van der Waals surface area contributed by atoms with Crippen molar-refractivity contribution in [2.75, 3.05) is 26.3 Å². The van der Waals surface area contributed by atoms with Gasteiger partial charge in [0, 0.05) is 31.3 Å². The van der Waals surface area contributed by atoms with Crippen LogP contribution in [0.25, 0.3) is 16.9 Å². The fourth-order valence-electron chi connectivity index (χ4n) is 3.94. The third-order valence-electron chi connectivity index (χ3n) is 5.55. The fraction of sp³-hybridized carbons (Fsp3) is 0.200. The number of amides is 1. The van der Waals surface area contributed by atoms with E-state index in [1.165, 1.54) is 0 Å². The van der Waals surface area contributed by atoms with E-state index in [0.717, 1.165) is 5.56 Å². The molecule has 1 amide bonds. The van der Waals surface area contributed by atoms with Gasteiger partial charge in [-0.15, -0.1) is 0 Å². The van der Waals surface area contributed by atoms with E-state index in [1.807, 2.05) is 42.5 Å². The topological polar surface area (TPSA) is 77.3 Å². The van der Waals surface area contributed by atoms with E-state index >= 15 is 0 Å². The van der Waals surface area contributed by atoms with Crippen molar-refractivity contribution >= 4 is 17.1 Å². The van der Waals surface area contributed by atoms with Crippen LogP contribution >= 0.6 is 0 Å². The average molecular weight is 426 g/mol. The summed E-state index contributed by atoms with van der Waals surface area (Å²) < 4.78 is 6.90. The first-order valence-corrected chi connectivity index (χ1v) is 10.6. The van der Waals surface area contributed by atoms with E-state index in [4.69, 9.17) is 4.74 Å². The number of nitrogens with zero attached hydrogens (tertiary/aromatic N) is 4. The highest BCUT2D eigenvalue weighted by Crippen LogP contribution is 2.17. The van der Waals surface area contributed by atoms with Crippen LogP contribution in [0.15, 0.2) is 77.7 Å². The van der Waals surface area contributed by atoms with Crippen LogP contribution in [-0.4, -0.2) is 51.6 Å². The molecule has 2 aromatic carbocycles. The van der Waals surface area contributed by atoms with Crippen LogP contribution < -0.4 is 5.56 Å². The molecule has 2 aromatic heterocycles. The molecule has 0 spiro atoms. The number of fused-ring (bicyclic) bond motifs is 1. The van der Waals surface area contributed by atoms with Gasteiger partial charge in [0.25, 0.3) is 11.5 Å². The van der Waals surface area contributed by atoms with E-state index in [9.17, 15) is 9.59 Å². The van der Waals surface area contributed by atoms with E-state index in [-0.39, 0.29) is 11.5 Å². The maximum absolute atomic E-state index is 13.5. The third-order valence-corrected chi connectivity index (χ3v) is 5.55. The summed E-state index contributed by atoms with van der Waals surface area (Å²) in [5.41, 5.74) is 3.41. The number of aromatic nitrogens is 3. The van der Waals surface area contributed by atoms with E-state index in [2.05, 4.69) is 9.97 Å². The molecule has 1 saturated heterocycles. The Morgan fingerprint density at radius 3 is 2.59 bits per heavy atom. The summed E-state index contributed by atoms with van der Waals surface area (Å²) in [6, 6.07) is 20.5. The van der Waals surface area contributed by atoms with Gasteiger partial charge in [-0.05, 0) is 35.9 Å². The van der Waals surface area contributed by atoms with Gasteiger partial charge in [-0.1, -0.05) is 36.4 Å². The second-order valence-corrected chi connectivity index (χ2v) is 7.66. The average Bonchev–Trinajstić information content (AvgIpc) is 2.85. The van der Waals surface area contributed by atoms with Crippen molar-refractivity contribution in [1.29, 1.82) is 0 Å². The van der Waals surface area contributed by atoms with Crippen LogP contribution in [0, 0.1) is 0 Å². The molecule has 0 bridgehead atoms. The van der Waals surface area contributed by atoms with Gasteiger partial charge in [0.1, 0.15) is 11.2 Å². The molecular formula is C25H22N4O3. The number of carbonyl (C=O) groups excluding carboxylic acids is 1. The number of benzene rings is 2. The molecule has 160 valence electrons. The van der Waals surface area contributed by atoms with Crippen molar-refractivity contribution in [3.05, 3.63) is 100 Å². The van der Waals surface area contributed by atoms with Crippen LogP contribution in [0.3, 0.4) is 0 Å². The highest BCUT2D eigenvalue weighted by atomic mass is 16.5. The van der Waals surface area contributed by atoms with Crippen molar-refractivity contribution in [3.8, 4) is 5.69 Å². The molecule has 0 N–H and O–H groups in total. The summed E-state index contributed by atoms with van der Waals surface area (Å²) in [5, 5.41) is 0. The van der Waals surface area contributed by atoms with Crippen molar-refractivity contribution in [2.45, 2.75) is 6.42 Å². The Morgan fingerprint density at radius 2 is 1.78 bits per heavy atom. The molecule has 3 heterocycles. The quantitative estimate of drug-likeness (QED) is 0.502. The van der Waals surface area contributed by atoms with Gasteiger partial charge in [0.15, 0.2) is 5.65 Å². The first kappa shape index (κ1) is 20.1. The lowest BCUT2D eigenvalue weighted by Gasteiger charge is -2.27. The smallest absolute Gasteiger partial charge is 0.278 e. The lowest BCUT2D eigenvalue weighted by atomic mass is 10.1. The SMILES string of the molecule is O=C(c1cccc(-n2c(=O)c(Cc3ccccc3)nc3cccnc32)c1)N1CCOCC1. The van der Waals surface area contributed by atoms with E-state index in [0.29, 0.717) is 60.8 Å². The summed E-state index contributed by atoms with van der Waals surface area (Å²) >= 11 is 0. The van der Waals surface area contributed by atoms with Gasteiger partial charge in [-0.3, -0.25) is 14.2 Å². The Labute approximate surface area is 184 Å². The van der Waals surface area contributed by atoms with Crippen molar-refractivity contribution in [2.24, 2.45) is 0 Å². The van der Waals surface area contributed by atoms with Crippen LogP contribution in [0.1, 0.15) is 21.6 Å². The molecule has 0 radical (unpaired) electrons. The number of rotatable bonds is 4. The Balaban J connectivity index is 1.61. The molecule has 4 aromatic rings. The standard InChI is InChI=1S/C25H22N4O3/c30-24(28-12-14-32-15-13-28)19-8-4-9-20(17-19)29-23-21(10-5-11-26-23)27-22(25(29)31)16-18-6-2-1-3-7-18/h1-11,17H,12-16H2. The molecular weight excluding hydrogens is 404 g/mol. The zero-order chi connectivity index (χ0) is 21.9. The summed E-state index contributed by atoms with van der Waals surface area (Å²) in [6.45, 7) is 2.19. The maximum Gasteiger partial charge on any atom is 0.278 e. The highest BCUT2D eigenvalue weighted by molar-refractivity contribution is 5.95. The predicted octanol–water partition coefficient (Wildman–Crippen LogP) is 2.84. The van der Waals surface area contributed by atoms with Gasteiger partial charge in [-0.2, -0.15) is 0 Å². The van der Waals surface area contributed by atoms with Gasteiger partial charge in [-0.25, -0.2) is 9.97 Å². The highest BCUT2D eigenvalue weighted by Gasteiger charge is 2.20. The number of ether oxygens (including phenoxy) is 1. The fourth-order valence-corrected chi connectivity index (χ4v) is 3.94. The minimum Gasteiger partial charge on any atom is -0.378 e. The number of pyridine rings is 1. The number of hydrogen-bond donors (Lipinski definition) is 0. The first-order chi connectivity index (χ1) is 15.7. The molecule has 0 saturated carbocycles. The summed E-state index contributed by atoms with van der Waals surface area (Å²) in [6.07, 6.45) is 2.05. The first-order valence-electron chi connectivity index (χ1n) is 10.6. The lowest BCUT2D eigenvalue weighted by Crippen LogP contribution is -2.40. The van der Waals surface area contributed by atoms with Gasteiger partial charge >= 0.3 is 0 Å². The molecule has 5 rings (SSSR count). The molecule has 0 unspecified atom stereocenters. The van der Waals surface area contributed by atoms with Gasteiger partial charge in [0.05, 0.1) is 18.9 Å². The Bertz CT molecular complexity index is 1330. The molecule has 7 nitrogen and oxygen atoms in total. The Kier molecular flexibility index (Phi) is 5.47. The van der Waals surface area contributed by atoms with Crippen LogP contribution in [0.4, 0.5) is 0 Å². The van der Waals surface area contributed by atoms with Crippen molar-refractivity contribution in [1.82, 2.24) is 19.4 Å². The number of morpholine rings is 1. The lowest BCUT2D eigenvalue weighted by molar-refractivity contribution is 0.0303. The second kappa shape index (κ2) is 8.72. The van der Waals surface area contributed by atoms with E-state index < -0.39 is 0 Å². The third kappa shape index (κ3) is 3.90. The molecule has 1 aliphatic heterocycles. The van der Waals surface area contributed by atoms with Crippen molar-refractivity contribution < 1.29 is 9.53 Å². The monoisotopic (exact) mass is 426 g/mol. The van der Waals surface area contributed by atoms with Crippen LogP contribution in [0.5, 0.6) is 0 Å². The Morgan fingerprint density at radius 1 is 0.969 bits per heavy atom.